The topological polar surface area (TPSA) is 41.6 Å². The second-order valence-electron chi connectivity index (χ2n) is 7.91. The maximum atomic E-state index is 12.7. The number of nitrogens with one attached hydrogen (secondary N) is 1. The Kier molecular flexibility index (Phi) is 5.18. The van der Waals surface area contributed by atoms with E-state index in [9.17, 15) is 4.79 Å². The van der Waals surface area contributed by atoms with Crippen molar-refractivity contribution in [2.45, 2.75) is 57.4 Å². The Morgan fingerprint density at radius 2 is 2.00 bits per heavy atom. The molecule has 4 nitrogen and oxygen atoms in total. The first kappa shape index (κ1) is 17.4. The van der Waals surface area contributed by atoms with Gasteiger partial charge in [-0.15, -0.1) is 0 Å². The van der Waals surface area contributed by atoms with Crippen LogP contribution >= 0.6 is 0 Å². The third-order valence-electron chi connectivity index (χ3n) is 6.19. The van der Waals surface area contributed by atoms with Crippen molar-refractivity contribution in [1.29, 1.82) is 0 Å². The van der Waals surface area contributed by atoms with Crippen LogP contribution in [0.25, 0.3) is 0 Å². The summed E-state index contributed by atoms with van der Waals surface area (Å²) in [5.74, 6) is 0.943. The van der Waals surface area contributed by atoms with E-state index in [0.717, 1.165) is 31.0 Å². The van der Waals surface area contributed by atoms with Crippen LogP contribution in [-0.2, 0) is 9.53 Å². The number of fused-ring (bicyclic) bond motifs is 3. The molecule has 0 saturated heterocycles. The Bertz CT molecular complexity index is 678. The number of hydrogen-bond acceptors (Lipinski definition) is 4. The fourth-order valence-corrected chi connectivity index (χ4v) is 4.90. The first-order valence-corrected chi connectivity index (χ1v) is 10.2. The average molecular weight is 354 g/mol. The molecule has 0 aromatic heterocycles. The zero-order chi connectivity index (χ0) is 17.9. The van der Waals surface area contributed by atoms with Gasteiger partial charge in [-0.2, -0.15) is 0 Å². The first-order valence-electron chi connectivity index (χ1n) is 10.2. The summed E-state index contributed by atoms with van der Waals surface area (Å²) in [6, 6.07) is 8.50. The summed E-state index contributed by atoms with van der Waals surface area (Å²) in [6.07, 6.45) is 9.92. The van der Waals surface area contributed by atoms with E-state index >= 15 is 0 Å². The number of hydrogen-bond donors (Lipinski definition) is 1. The molecule has 2 unspecified atom stereocenters. The van der Waals surface area contributed by atoms with Gasteiger partial charge in [0.15, 0.2) is 0 Å². The minimum Gasteiger partial charge on any atom is -0.463 e. The Labute approximate surface area is 156 Å². The number of carbonyl (C=O) groups is 1. The summed E-state index contributed by atoms with van der Waals surface area (Å²) in [4.78, 5) is 15.1. The van der Waals surface area contributed by atoms with Crippen LogP contribution in [0.2, 0.25) is 0 Å². The molecule has 0 spiro atoms. The van der Waals surface area contributed by atoms with E-state index in [2.05, 4.69) is 40.7 Å². The normalized spacial score (nSPS) is 25.6. The Morgan fingerprint density at radius 1 is 1.19 bits per heavy atom. The van der Waals surface area contributed by atoms with Crippen molar-refractivity contribution in [2.75, 3.05) is 25.0 Å². The number of esters is 1. The lowest BCUT2D eigenvalue weighted by Gasteiger charge is -2.29. The van der Waals surface area contributed by atoms with E-state index in [1.807, 2.05) is 6.92 Å². The van der Waals surface area contributed by atoms with Crippen molar-refractivity contribution < 1.29 is 9.53 Å². The molecule has 4 heteroatoms. The van der Waals surface area contributed by atoms with Gasteiger partial charge in [-0.1, -0.05) is 37.5 Å². The zero-order valence-electron chi connectivity index (χ0n) is 15.7. The van der Waals surface area contributed by atoms with Gasteiger partial charge in [0.2, 0.25) is 0 Å². The number of para-hydroxylation sites is 1. The van der Waals surface area contributed by atoms with Crippen molar-refractivity contribution in [3.8, 4) is 0 Å². The Balaban J connectivity index is 1.58. The number of ether oxygens (including phenoxy) is 1. The van der Waals surface area contributed by atoms with E-state index in [1.165, 1.54) is 43.4 Å². The van der Waals surface area contributed by atoms with Gasteiger partial charge in [0, 0.05) is 30.9 Å². The highest BCUT2D eigenvalue weighted by Gasteiger charge is 2.39. The molecule has 2 heterocycles. The zero-order valence-corrected chi connectivity index (χ0v) is 15.7. The summed E-state index contributed by atoms with van der Waals surface area (Å²) < 4.78 is 5.41. The molecule has 4 rings (SSSR count). The summed E-state index contributed by atoms with van der Waals surface area (Å²) >= 11 is 0. The maximum Gasteiger partial charge on any atom is 0.337 e. The van der Waals surface area contributed by atoms with Crippen LogP contribution in [0.1, 0.15) is 56.9 Å². The Morgan fingerprint density at radius 3 is 2.81 bits per heavy atom. The maximum absolute atomic E-state index is 12.7. The molecule has 2 aliphatic heterocycles. The Hall–Kier alpha value is -1.97. The molecule has 2 atom stereocenters. The molecule has 0 bridgehead atoms. The lowest BCUT2D eigenvalue weighted by Crippen LogP contribution is -2.29. The first-order chi connectivity index (χ1) is 12.8. The lowest BCUT2D eigenvalue weighted by molar-refractivity contribution is -0.138. The summed E-state index contributed by atoms with van der Waals surface area (Å²) in [5.41, 5.74) is 3.30. The van der Waals surface area contributed by atoms with E-state index in [-0.39, 0.29) is 12.0 Å². The van der Waals surface area contributed by atoms with Crippen LogP contribution in [0.5, 0.6) is 0 Å². The largest absolute Gasteiger partial charge is 0.463 e. The minimum atomic E-state index is -0.168. The molecular formula is C22H30N2O2. The molecule has 1 saturated carbocycles. The van der Waals surface area contributed by atoms with Crippen molar-refractivity contribution in [3.05, 3.63) is 41.6 Å². The third kappa shape index (κ3) is 3.46. The summed E-state index contributed by atoms with van der Waals surface area (Å²) in [5, 5.41) is 3.59. The molecule has 1 aromatic carbocycles. The van der Waals surface area contributed by atoms with Crippen LogP contribution in [0.4, 0.5) is 5.69 Å². The molecule has 1 aromatic rings. The fraction of sp³-hybridized carbons (Fsp3) is 0.591. The highest BCUT2D eigenvalue weighted by atomic mass is 16.5. The van der Waals surface area contributed by atoms with Crippen LogP contribution in [0.3, 0.4) is 0 Å². The highest BCUT2D eigenvalue weighted by molar-refractivity contribution is 5.91. The van der Waals surface area contributed by atoms with Crippen molar-refractivity contribution in [1.82, 2.24) is 4.90 Å². The number of anilines is 1. The summed E-state index contributed by atoms with van der Waals surface area (Å²) in [6.45, 7) is 4.38. The van der Waals surface area contributed by atoms with Gasteiger partial charge in [0.1, 0.15) is 0 Å². The van der Waals surface area contributed by atoms with Crippen LogP contribution in [0, 0.1) is 5.92 Å². The highest BCUT2D eigenvalue weighted by Crippen LogP contribution is 2.42. The molecule has 0 amide bonds. The van der Waals surface area contributed by atoms with Gasteiger partial charge >= 0.3 is 5.97 Å². The van der Waals surface area contributed by atoms with Crippen molar-refractivity contribution in [3.63, 3.8) is 0 Å². The standard InChI is InChI=1S/C22H30N2O2/c1-2-26-22(25)19-15-24(14-16-8-4-3-5-9-16)13-12-18-17-10-6-7-11-20(17)23-21(18)19/h6-7,10-11,15-16,18,21,23H,2-5,8-9,12-14H2,1H3. The number of nitrogens with zero attached hydrogens (tertiary/aromatic N) is 1. The van der Waals surface area contributed by atoms with E-state index < -0.39 is 0 Å². The van der Waals surface area contributed by atoms with Gasteiger partial charge in [-0.05, 0) is 43.7 Å². The van der Waals surface area contributed by atoms with Gasteiger partial charge in [-0.3, -0.25) is 0 Å². The average Bonchev–Trinajstić information content (AvgIpc) is 2.93. The number of carbonyl (C=O) groups excluding carboxylic acids is 1. The van der Waals surface area contributed by atoms with Crippen LogP contribution in [0.15, 0.2) is 36.0 Å². The molecular weight excluding hydrogens is 324 g/mol. The number of benzene rings is 1. The van der Waals surface area contributed by atoms with Crippen LogP contribution in [-0.4, -0.2) is 36.6 Å². The molecule has 26 heavy (non-hydrogen) atoms. The monoisotopic (exact) mass is 354 g/mol. The quantitative estimate of drug-likeness (QED) is 0.819. The van der Waals surface area contributed by atoms with Gasteiger partial charge in [-0.25, -0.2) is 4.79 Å². The van der Waals surface area contributed by atoms with Gasteiger partial charge < -0.3 is 15.0 Å². The van der Waals surface area contributed by atoms with Gasteiger partial charge in [0.05, 0.1) is 18.2 Å². The fourth-order valence-electron chi connectivity index (χ4n) is 4.90. The predicted molar refractivity (Wildman–Crippen MR) is 104 cm³/mol. The van der Waals surface area contributed by atoms with E-state index in [4.69, 9.17) is 4.74 Å². The molecule has 140 valence electrons. The minimum absolute atomic E-state index is 0.0304. The molecule has 1 fully saturated rings. The lowest BCUT2D eigenvalue weighted by atomic mass is 9.88. The third-order valence-corrected chi connectivity index (χ3v) is 6.19. The van der Waals surface area contributed by atoms with Crippen LogP contribution < -0.4 is 5.32 Å². The predicted octanol–water partition coefficient (Wildman–Crippen LogP) is 4.30. The molecule has 1 aliphatic carbocycles. The van der Waals surface area contributed by atoms with E-state index in [0.29, 0.717) is 12.5 Å². The smallest absolute Gasteiger partial charge is 0.337 e. The van der Waals surface area contributed by atoms with E-state index in [1.54, 1.807) is 0 Å². The SMILES string of the molecule is CCOC(=O)C1=CN(CC2CCCCC2)CCC2c3ccccc3NC12. The van der Waals surface area contributed by atoms with Crippen molar-refractivity contribution >= 4 is 11.7 Å². The summed E-state index contributed by atoms with van der Waals surface area (Å²) in [7, 11) is 0. The van der Waals surface area contributed by atoms with Crippen molar-refractivity contribution in [2.24, 2.45) is 5.92 Å². The molecule has 3 aliphatic rings. The second kappa shape index (κ2) is 7.73. The number of rotatable bonds is 4. The molecule has 1 N–H and O–H groups in total. The molecule has 0 radical (unpaired) electrons. The second-order valence-corrected chi connectivity index (χ2v) is 7.91. The van der Waals surface area contributed by atoms with Gasteiger partial charge in [0.25, 0.3) is 0 Å².